The molecule has 1 aromatic rings. The highest BCUT2D eigenvalue weighted by Crippen LogP contribution is 2.28. The van der Waals surface area contributed by atoms with Crippen LogP contribution in [-0.4, -0.2) is 31.8 Å². The molecule has 0 aliphatic carbocycles. The molecule has 3 nitrogen and oxygen atoms in total. The average molecular weight is 341 g/mol. The number of ether oxygens (including phenoxy) is 1. The number of benzene rings is 1. The van der Waals surface area contributed by atoms with Gasteiger partial charge in [0, 0.05) is 35.9 Å². The van der Waals surface area contributed by atoms with E-state index in [2.05, 4.69) is 72.2 Å². The molecule has 1 N–H and O–H groups in total. The Morgan fingerprint density at radius 2 is 2.15 bits per heavy atom. The van der Waals surface area contributed by atoms with E-state index in [-0.39, 0.29) is 5.54 Å². The number of hydrogen-bond acceptors (Lipinski definition) is 3. The molecule has 1 fully saturated rings. The normalized spacial score (nSPS) is 19.4. The van der Waals surface area contributed by atoms with Gasteiger partial charge in [0.15, 0.2) is 0 Å². The van der Waals surface area contributed by atoms with E-state index < -0.39 is 0 Å². The molecule has 1 aliphatic rings. The summed E-state index contributed by atoms with van der Waals surface area (Å²) in [4.78, 5) is 2.36. The highest BCUT2D eigenvalue weighted by Gasteiger charge is 2.22. The van der Waals surface area contributed by atoms with Gasteiger partial charge >= 0.3 is 0 Å². The van der Waals surface area contributed by atoms with E-state index in [0.717, 1.165) is 30.7 Å². The Morgan fingerprint density at radius 3 is 2.75 bits per heavy atom. The summed E-state index contributed by atoms with van der Waals surface area (Å²) in [6.45, 7) is 9.16. The molecule has 1 aliphatic heterocycles. The number of likely N-dealkylation sites (N-methyl/N-ethyl adjacent to an activating group) is 1. The summed E-state index contributed by atoms with van der Waals surface area (Å²) in [6, 6.07) is 7.00. The van der Waals surface area contributed by atoms with Crippen molar-refractivity contribution in [2.24, 2.45) is 0 Å². The lowest BCUT2D eigenvalue weighted by Gasteiger charge is -2.29. The quantitative estimate of drug-likeness (QED) is 0.906. The van der Waals surface area contributed by atoms with E-state index in [4.69, 9.17) is 4.74 Å². The van der Waals surface area contributed by atoms with Crippen LogP contribution in [0.2, 0.25) is 0 Å². The van der Waals surface area contributed by atoms with Crippen molar-refractivity contribution in [3.63, 3.8) is 0 Å². The summed E-state index contributed by atoms with van der Waals surface area (Å²) in [5.74, 6) is 0. The molecule has 20 heavy (non-hydrogen) atoms. The zero-order valence-electron chi connectivity index (χ0n) is 12.9. The minimum absolute atomic E-state index is 0.124. The molecule has 0 bridgehead atoms. The highest BCUT2D eigenvalue weighted by molar-refractivity contribution is 9.10. The number of hydrogen-bond donors (Lipinski definition) is 1. The third kappa shape index (κ3) is 4.21. The third-order valence-electron chi connectivity index (χ3n) is 3.69. The molecule has 0 spiro atoms. The molecule has 1 unspecified atom stereocenters. The van der Waals surface area contributed by atoms with Gasteiger partial charge in [-0.05, 0) is 44.9 Å². The van der Waals surface area contributed by atoms with E-state index in [9.17, 15) is 0 Å². The minimum atomic E-state index is 0.124. The number of nitrogens with one attached hydrogen (secondary N) is 1. The lowest BCUT2D eigenvalue weighted by molar-refractivity contribution is 0.193. The number of halogens is 1. The van der Waals surface area contributed by atoms with Crippen molar-refractivity contribution in [3.05, 3.63) is 28.2 Å². The van der Waals surface area contributed by atoms with Gasteiger partial charge in [-0.1, -0.05) is 22.0 Å². The van der Waals surface area contributed by atoms with Gasteiger partial charge in [0.1, 0.15) is 0 Å². The van der Waals surface area contributed by atoms with Crippen molar-refractivity contribution in [1.82, 2.24) is 5.32 Å². The largest absolute Gasteiger partial charge is 0.379 e. The van der Waals surface area contributed by atoms with Crippen LogP contribution in [0.3, 0.4) is 0 Å². The molecule has 4 heteroatoms. The SMILES string of the molecule is CN(c1cc(Br)ccc1CNC(C)(C)C)C1CCOC1. The van der Waals surface area contributed by atoms with Crippen LogP contribution in [-0.2, 0) is 11.3 Å². The van der Waals surface area contributed by atoms with Crippen LogP contribution in [0.5, 0.6) is 0 Å². The number of anilines is 1. The van der Waals surface area contributed by atoms with E-state index in [1.165, 1.54) is 11.3 Å². The summed E-state index contributed by atoms with van der Waals surface area (Å²) in [7, 11) is 2.17. The maximum atomic E-state index is 5.52. The van der Waals surface area contributed by atoms with Crippen molar-refractivity contribution in [2.75, 3.05) is 25.2 Å². The predicted molar refractivity (Wildman–Crippen MR) is 88.4 cm³/mol. The van der Waals surface area contributed by atoms with Crippen molar-refractivity contribution in [3.8, 4) is 0 Å². The Kier molecular flexibility index (Phi) is 5.10. The second-order valence-electron chi connectivity index (χ2n) is 6.50. The summed E-state index contributed by atoms with van der Waals surface area (Å²) in [5.41, 5.74) is 2.74. The summed E-state index contributed by atoms with van der Waals surface area (Å²) < 4.78 is 6.64. The first kappa shape index (κ1) is 15.8. The van der Waals surface area contributed by atoms with E-state index in [0.29, 0.717) is 6.04 Å². The molecular formula is C16H25BrN2O. The van der Waals surface area contributed by atoms with Crippen LogP contribution in [0.4, 0.5) is 5.69 Å². The smallest absolute Gasteiger partial charge is 0.0670 e. The Hall–Kier alpha value is -0.580. The Labute approximate surface area is 130 Å². The first-order chi connectivity index (χ1) is 9.37. The zero-order valence-corrected chi connectivity index (χ0v) is 14.5. The second kappa shape index (κ2) is 6.46. The fraction of sp³-hybridized carbons (Fsp3) is 0.625. The molecule has 0 aromatic heterocycles. The van der Waals surface area contributed by atoms with Crippen molar-refractivity contribution >= 4 is 21.6 Å². The van der Waals surface area contributed by atoms with Crippen LogP contribution in [0.15, 0.2) is 22.7 Å². The van der Waals surface area contributed by atoms with Crippen molar-refractivity contribution in [2.45, 2.75) is 45.3 Å². The Bertz CT molecular complexity index is 450. The van der Waals surface area contributed by atoms with Crippen LogP contribution < -0.4 is 10.2 Å². The highest BCUT2D eigenvalue weighted by atomic mass is 79.9. The maximum absolute atomic E-state index is 5.52. The van der Waals surface area contributed by atoms with Gasteiger partial charge < -0.3 is 15.0 Å². The lowest BCUT2D eigenvalue weighted by atomic mass is 10.1. The van der Waals surface area contributed by atoms with Gasteiger partial charge in [-0.15, -0.1) is 0 Å². The van der Waals surface area contributed by atoms with Crippen molar-refractivity contribution < 1.29 is 4.74 Å². The molecule has 112 valence electrons. The molecular weight excluding hydrogens is 316 g/mol. The van der Waals surface area contributed by atoms with Crippen LogP contribution >= 0.6 is 15.9 Å². The van der Waals surface area contributed by atoms with Gasteiger partial charge in [-0.3, -0.25) is 0 Å². The summed E-state index contributed by atoms with van der Waals surface area (Å²) in [5, 5.41) is 3.57. The molecule has 1 heterocycles. The Morgan fingerprint density at radius 1 is 1.40 bits per heavy atom. The fourth-order valence-corrected chi connectivity index (χ4v) is 2.75. The van der Waals surface area contributed by atoms with Gasteiger partial charge in [0.2, 0.25) is 0 Å². The van der Waals surface area contributed by atoms with E-state index in [1.54, 1.807) is 0 Å². The molecule has 1 atom stereocenters. The van der Waals surface area contributed by atoms with Gasteiger partial charge in [0.05, 0.1) is 12.6 Å². The van der Waals surface area contributed by atoms with Crippen LogP contribution in [0, 0.1) is 0 Å². The van der Waals surface area contributed by atoms with Gasteiger partial charge in [-0.25, -0.2) is 0 Å². The monoisotopic (exact) mass is 340 g/mol. The number of rotatable bonds is 4. The molecule has 2 rings (SSSR count). The molecule has 1 saturated heterocycles. The van der Waals surface area contributed by atoms with Crippen LogP contribution in [0.1, 0.15) is 32.8 Å². The molecule has 1 aromatic carbocycles. The predicted octanol–water partition coefficient (Wildman–Crippen LogP) is 3.56. The first-order valence-electron chi connectivity index (χ1n) is 7.21. The summed E-state index contributed by atoms with van der Waals surface area (Å²) in [6.07, 6.45) is 1.11. The first-order valence-corrected chi connectivity index (χ1v) is 8.00. The molecule has 0 saturated carbocycles. The maximum Gasteiger partial charge on any atom is 0.0670 e. The summed E-state index contributed by atoms with van der Waals surface area (Å²) >= 11 is 3.59. The molecule has 0 radical (unpaired) electrons. The third-order valence-corrected chi connectivity index (χ3v) is 4.18. The van der Waals surface area contributed by atoms with E-state index in [1.807, 2.05) is 0 Å². The topological polar surface area (TPSA) is 24.5 Å². The van der Waals surface area contributed by atoms with E-state index >= 15 is 0 Å². The van der Waals surface area contributed by atoms with Gasteiger partial charge in [0.25, 0.3) is 0 Å². The minimum Gasteiger partial charge on any atom is -0.379 e. The van der Waals surface area contributed by atoms with Crippen molar-refractivity contribution in [1.29, 1.82) is 0 Å². The number of nitrogens with zero attached hydrogens (tertiary/aromatic N) is 1. The lowest BCUT2D eigenvalue weighted by Crippen LogP contribution is -2.37. The molecule has 0 amide bonds. The second-order valence-corrected chi connectivity index (χ2v) is 7.42. The van der Waals surface area contributed by atoms with Crippen LogP contribution in [0.25, 0.3) is 0 Å². The zero-order chi connectivity index (χ0) is 14.8. The van der Waals surface area contributed by atoms with Gasteiger partial charge in [-0.2, -0.15) is 0 Å². The fourth-order valence-electron chi connectivity index (χ4n) is 2.40. The average Bonchev–Trinajstić information content (AvgIpc) is 2.89. The standard InChI is InChI=1S/C16H25BrN2O/c1-16(2,3)18-10-12-5-6-13(17)9-15(12)19(4)14-7-8-20-11-14/h5-6,9,14,18H,7-8,10-11H2,1-4H3. The Balaban J connectivity index is 2.18.